The maximum Gasteiger partial charge on any atom is 0.192 e. The van der Waals surface area contributed by atoms with Gasteiger partial charge in [0.2, 0.25) is 0 Å². The molecule has 0 fully saturated rings. The lowest BCUT2D eigenvalue weighted by molar-refractivity contribution is 0.717. The quantitative estimate of drug-likeness (QED) is 0.591. The minimum Gasteiger partial charge on any atom is -0.428 e. The Hall–Kier alpha value is -0.980. The van der Waals surface area contributed by atoms with E-state index in [0.717, 1.165) is 28.2 Å². The molecule has 0 atom stereocenters. The predicted molar refractivity (Wildman–Crippen MR) is 86.2 cm³/mol. The molecule has 0 unspecified atom stereocenters. The van der Waals surface area contributed by atoms with E-state index in [0.29, 0.717) is 10.0 Å². The van der Waals surface area contributed by atoms with Crippen molar-refractivity contribution in [1.29, 1.82) is 0 Å². The van der Waals surface area contributed by atoms with Gasteiger partial charge in [0.15, 0.2) is 23.0 Å². The molecule has 2 aromatic carbocycles. The molecule has 0 spiro atoms. The number of rotatable bonds is 2. The number of hydrogen-bond donors (Lipinski definition) is 1. The Labute approximate surface area is 133 Å². The van der Waals surface area contributed by atoms with Crippen molar-refractivity contribution in [1.82, 2.24) is 9.97 Å². The van der Waals surface area contributed by atoms with Crippen LogP contribution in [0.5, 0.6) is 5.75 Å². The van der Waals surface area contributed by atoms with E-state index in [1.165, 1.54) is 0 Å². The Balaban J connectivity index is 2.09. The van der Waals surface area contributed by atoms with Crippen molar-refractivity contribution in [2.45, 2.75) is 0 Å². The maximum absolute atomic E-state index is 5.99. The topological polar surface area (TPSA) is 37.9 Å². The molecule has 1 heterocycles. The molecule has 0 amide bonds. The normalized spacial score (nSPS) is 10.9. The van der Waals surface area contributed by atoms with E-state index in [4.69, 9.17) is 26.3 Å². The number of fused-ring (bicyclic) bond motifs is 1. The lowest BCUT2D eigenvalue weighted by atomic mass is 10.2. The molecular formula is C13H7Cl2IN2O. The fourth-order valence-corrected chi connectivity index (χ4v) is 2.42. The van der Waals surface area contributed by atoms with Crippen molar-refractivity contribution < 1.29 is 3.07 Å². The Morgan fingerprint density at radius 3 is 2.42 bits per heavy atom. The first-order valence-electron chi connectivity index (χ1n) is 5.41. The Bertz CT molecular complexity index is 701. The van der Waals surface area contributed by atoms with Gasteiger partial charge in [-0.05, 0) is 36.4 Å². The molecule has 0 radical (unpaired) electrons. The van der Waals surface area contributed by atoms with Crippen LogP contribution in [0, 0.1) is 0 Å². The number of nitrogens with one attached hydrogen (secondary N) is 1. The third kappa shape index (κ3) is 2.52. The molecule has 0 aliphatic rings. The molecule has 19 heavy (non-hydrogen) atoms. The van der Waals surface area contributed by atoms with Crippen molar-refractivity contribution >= 4 is 57.2 Å². The minimum absolute atomic E-state index is 0.501. The highest BCUT2D eigenvalue weighted by Gasteiger charge is 2.08. The number of hydrogen-bond acceptors (Lipinski definition) is 2. The molecule has 96 valence electrons. The number of aromatic nitrogens is 2. The van der Waals surface area contributed by atoms with Crippen molar-refractivity contribution in [2.75, 3.05) is 0 Å². The van der Waals surface area contributed by atoms with Crippen LogP contribution in [-0.4, -0.2) is 9.97 Å². The first-order valence-corrected chi connectivity index (χ1v) is 7.05. The Morgan fingerprint density at radius 2 is 1.74 bits per heavy atom. The smallest absolute Gasteiger partial charge is 0.192 e. The van der Waals surface area contributed by atoms with Crippen LogP contribution >= 0.6 is 46.2 Å². The average Bonchev–Trinajstić information content (AvgIpc) is 2.82. The largest absolute Gasteiger partial charge is 0.428 e. The van der Waals surface area contributed by atoms with Crippen molar-refractivity contribution in [3.63, 3.8) is 0 Å². The second-order valence-corrected chi connectivity index (χ2v) is 5.23. The van der Waals surface area contributed by atoms with E-state index in [-0.39, 0.29) is 0 Å². The fourth-order valence-electron chi connectivity index (χ4n) is 1.81. The van der Waals surface area contributed by atoms with Crippen LogP contribution in [-0.2, 0) is 0 Å². The van der Waals surface area contributed by atoms with Gasteiger partial charge in [-0.2, -0.15) is 0 Å². The summed E-state index contributed by atoms with van der Waals surface area (Å²) in [4.78, 5) is 7.72. The van der Waals surface area contributed by atoms with Crippen LogP contribution in [0.25, 0.3) is 22.4 Å². The van der Waals surface area contributed by atoms with Crippen molar-refractivity contribution in [2.24, 2.45) is 0 Å². The summed E-state index contributed by atoms with van der Waals surface area (Å²) in [6.45, 7) is 0. The van der Waals surface area contributed by atoms with E-state index >= 15 is 0 Å². The third-order valence-corrected chi connectivity index (χ3v) is 3.97. The van der Waals surface area contributed by atoms with E-state index < -0.39 is 0 Å². The van der Waals surface area contributed by atoms with Crippen LogP contribution in [0.3, 0.4) is 0 Å². The molecule has 3 nitrogen and oxygen atoms in total. The van der Waals surface area contributed by atoms with Gasteiger partial charge in [0, 0.05) is 5.56 Å². The molecule has 3 aromatic rings. The number of imidazole rings is 1. The first kappa shape index (κ1) is 13.0. The second kappa shape index (κ2) is 5.19. The standard InChI is InChI=1S/C13H7Cl2IN2O/c14-9-5-11-12(6-10(9)15)18-13(17-11)7-1-3-8(19-16)4-2-7/h1-6H,(H,17,18). The van der Waals surface area contributed by atoms with Crippen molar-refractivity contribution in [3.05, 3.63) is 46.4 Å². The SMILES string of the molecule is Clc1cc2nc(-c3ccc(OI)cc3)[nH]c2cc1Cl. The summed E-state index contributed by atoms with van der Waals surface area (Å²) in [7, 11) is 0. The van der Waals surface area contributed by atoms with E-state index in [1.807, 2.05) is 47.3 Å². The molecule has 3 rings (SSSR count). The zero-order chi connectivity index (χ0) is 13.4. The fraction of sp³-hybridized carbons (Fsp3) is 0. The monoisotopic (exact) mass is 404 g/mol. The van der Waals surface area contributed by atoms with Gasteiger partial charge in [-0.15, -0.1) is 0 Å². The average molecular weight is 405 g/mol. The number of nitrogens with zero attached hydrogens (tertiary/aromatic N) is 1. The highest BCUT2D eigenvalue weighted by atomic mass is 127. The van der Waals surface area contributed by atoms with Gasteiger partial charge in [-0.1, -0.05) is 23.2 Å². The van der Waals surface area contributed by atoms with Crippen LogP contribution in [0.2, 0.25) is 10.0 Å². The van der Waals surface area contributed by atoms with Crippen LogP contribution in [0.4, 0.5) is 0 Å². The second-order valence-electron chi connectivity index (χ2n) is 3.97. The molecule has 0 saturated carbocycles. The highest BCUT2D eigenvalue weighted by Crippen LogP contribution is 2.29. The van der Waals surface area contributed by atoms with Gasteiger partial charge in [-0.3, -0.25) is 0 Å². The predicted octanol–water partition coefficient (Wildman–Crippen LogP) is 5.27. The lowest BCUT2D eigenvalue weighted by Crippen LogP contribution is -1.80. The number of halogens is 3. The summed E-state index contributed by atoms with van der Waals surface area (Å²) in [5.41, 5.74) is 2.62. The van der Waals surface area contributed by atoms with Crippen molar-refractivity contribution in [3.8, 4) is 17.1 Å². The maximum atomic E-state index is 5.99. The van der Waals surface area contributed by atoms with Crippen LogP contribution < -0.4 is 3.07 Å². The molecule has 1 aromatic heterocycles. The van der Waals surface area contributed by atoms with E-state index in [1.54, 1.807) is 12.1 Å². The molecule has 1 N–H and O–H groups in total. The zero-order valence-corrected chi connectivity index (χ0v) is 13.1. The summed E-state index contributed by atoms with van der Waals surface area (Å²) in [6.07, 6.45) is 0. The number of H-pyrrole nitrogens is 1. The van der Waals surface area contributed by atoms with Gasteiger partial charge in [-0.25, -0.2) is 4.98 Å². The summed E-state index contributed by atoms with van der Waals surface area (Å²) >= 11 is 13.8. The molecule has 0 aliphatic carbocycles. The van der Waals surface area contributed by atoms with Gasteiger partial charge < -0.3 is 8.05 Å². The Morgan fingerprint density at radius 1 is 1.05 bits per heavy atom. The minimum atomic E-state index is 0.501. The highest BCUT2D eigenvalue weighted by molar-refractivity contribution is 14.1. The molecule has 0 aliphatic heterocycles. The van der Waals surface area contributed by atoms with Crippen LogP contribution in [0.15, 0.2) is 36.4 Å². The number of benzene rings is 2. The third-order valence-electron chi connectivity index (χ3n) is 2.74. The Kier molecular flexibility index (Phi) is 3.56. The first-order chi connectivity index (χ1) is 9.17. The van der Waals surface area contributed by atoms with Gasteiger partial charge in [0.05, 0.1) is 21.1 Å². The molecule has 6 heteroatoms. The van der Waals surface area contributed by atoms with Crippen LogP contribution in [0.1, 0.15) is 0 Å². The number of aromatic amines is 1. The van der Waals surface area contributed by atoms with E-state index in [9.17, 15) is 0 Å². The van der Waals surface area contributed by atoms with Gasteiger partial charge >= 0.3 is 0 Å². The van der Waals surface area contributed by atoms with E-state index in [2.05, 4.69) is 9.97 Å². The summed E-state index contributed by atoms with van der Waals surface area (Å²) in [5.74, 6) is 1.57. The van der Waals surface area contributed by atoms with Gasteiger partial charge in [0.1, 0.15) is 11.6 Å². The molecule has 0 saturated heterocycles. The zero-order valence-electron chi connectivity index (χ0n) is 9.45. The van der Waals surface area contributed by atoms with Gasteiger partial charge in [0.25, 0.3) is 0 Å². The summed E-state index contributed by atoms with van der Waals surface area (Å²) in [5, 5.41) is 1.01. The lowest BCUT2D eigenvalue weighted by Gasteiger charge is -1.98. The molecular weight excluding hydrogens is 398 g/mol. The summed E-state index contributed by atoms with van der Waals surface area (Å²) in [6, 6.07) is 11.2. The molecule has 0 bridgehead atoms. The summed E-state index contributed by atoms with van der Waals surface area (Å²) < 4.78 is 5.10.